The number of aliphatic hydroxyl groups is 13. The molecule has 0 aliphatic carbocycles. The molecule has 25 N–H and O–H groups in total. The smallest absolute Gasteiger partial charge is 0.246 e. The maximum absolute atomic E-state index is 15.2. The molecule has 5 aliphatic rings. The highest BCUT2D eigenvalue weighted by molar-refractivity contribution is 5.97. The summed E-state index contributed by atoms with van der Waals surface area (Å²) in [5.41, 5.74) is 21.2. The van der Waals surface area contributed by atoms with Gasteiger partial charge in [0, 0.05) is 12.3 Å². The van der Waals surface area contributed by atoms with Crippen molar-refractivity contribution in [2.24, 2.45) is 27.2 Å². The minimum atomic E-state index is -2.30. The number of aliphatic hydroxyl groups excluding tert-OH is 13. The number of aldehydes is 1. The molecule has 578 valence electrons. The molecule has 4 aromatic carbocycles. The van der Waals surface area contributed by atoms with Crippen LogP contribution >= 0.6 is 0 Å². The largest absolute Gasteiger partial charge is 0.462 e. The monoisotopic (exact) mass is 1490 g/mol. The molecule has 9 rings (SSSR count). The number of ether oxygens (including phenoxy) is 6. The molecule has 5 aliphatic heterocycles. The highest BCUT2D eigenvalue weighted by Gasteiger charge is 2.54. The Morgan fingerprint density at radius 3 is 1.78 bits per heavy atom. The number of nitrogens with one attached hydrogen (secondary N) is 6. The third-order valence-corrected chi connectivity index (χ3v) is 18.8. The van der Waals surface area contributed by atoms with Gasteiger partial charge in [0.25, 0.3) is 0 Å². The molecule has 0 bridgehead atoms. The van der Waals surface area contributed by atoms with Crippen molar-refractivity contribution < 1.29 is 124 Å². The lowest BCUT2D eigenvalue weighted by Crippen LogP contribution is -2.70. The van der Waals surface area contributed by atoms with Gasteiger partial charge in [0.05, 0.1) is 64.8 Å². The van der Waals surface area contributed by atoms with Gasteiger partial charge in [-0.3, -0.25) is 34.0 Å². The first-order valence-electron chi connectivity index (χ1n) is 34.1. The number of carbonyl (C=O) groups is 6. The van der Waals surface area contributed by atoms with Crippen molar-refractivity contribution >= 4 is 53.3 Å². The van der Waals surface area contributed by atoms with E-state index in [4.69, 9.17) is 45.6 Å². The number of rotatable bonds is 33. The molecule has 0 radical (unpaired) electrons. The molecule has 4 unspecified atom stereocenters. The number of nitrogens with zero attached hydrogens (tertiary/aromatic N) is 3. The molecule has 0 aromatic heterocycles. The Morgan fingerprint density at radius 1 is 0.623 bits per heavy atom. The summed E-state index contributed by atoms with van der Waals surface area (Å²) in [5.74, 6) is -7.44. The Balaban J connectivity index is 0.943. The lowest BCUT2D eigenvalue weighted by Gasteiger charge is -2.46. The van der Waals surface area contributed by atoms with Crippen LogP contribution in [0.2, 0.25) is 0 Å². The summed E-state index contributed by atoms with van der Waals surface area (Å²) in [6.45, 7) is -2.93. The van der Waals surface area contributed by atoms with Gasteiger partial charge < -0.3 is 154 Å². The zero-order valence-corrected chi connectivity index (χ0v) is 57.2. The number of carbonyl (C=O) groups excluding carboxylic acids is 6. The summed E-state index contributed by atoms with van der Waals surface area (Å²) in [6.07, 6.45) is -29.6. The van der Waals surface area contributed by atoms with E-state index in [1.807, 2.05) is 66.7 Å². The molecular formula is C69H92N12O25. The summed E-state index contributed by atoms with van der Waals surface area (Å²) in [4.78, 5) is 93.4. The number of hydrogen-bond donors (Lipinski definition) is 22. The van der Waals surface area contributed by atoms with Gasteiger partial charge in [0.1, 0.15) is 128 Å². The van der Waals surface area contributed by atoms with Gasteiger partial charge in [-0.15, -0.1) is 0 Å². The Labute approximate surface area is 606 Å². The van der Waals surface area contributed by atoms with Crippen LogP contribution in [0.1, 0.15) is 35.1 Å². The second-order valence-electron chi connectivity index (χ2n) is 25.9. The molecule has 0 saturated carbocycles. The van der Waals surface area contributed by atoms with Crippen LogP contribution < -0.4 is 53.8 Å². The molecule has 4 aromatic rings. The van der Waals surface area contributed by atoms with Gasteiger partial charge >= 0.3 is 0 Å². The van der Waals surface area contributed by atoms with E-state index in [1.165, 1.54) is 24.3 Å². The fraction of sp³-hybridized carbons (Fsp3) is 0.507. The van der Waals surface area contributed by atoms with E-state index in [0.717, 1.165) is 21.6 Å². The van der Waals surface area contributed by atoms with Crippen molar-refractivity contribution in [2.45, 2.75) is 166 Å². The minimum Gasteiger partial charge on any atom is -0.462 e. The van der Waals surface area contributed by atoms with Gasteiger partial charge in [-0.05, 0) is 40.0 Å². The quantitative estimate of drug-likeness (QED) is 0.0156. The number of guanidine groups is 2. The molecule has 5 heterocycles. The maximum atomic E-state index is 15.2. The van der Waals surface area contributed by atoms with Crippen molar-refractivity contribution in [2.75, 3.05) is 52.7 Å². The van der Waals surface area contributed by atoms with Gasteiger partial charge in [0.2, 0.25) is 35.8 Å². The first kappa shape index (κ1) is 81.3. The predicted octanol–water partition coefficient (Wildman–Crippen LogP) is -9.43. The normalized spacial score (nSPS) is 29.5. The summed E-state index contributed by atoms with van der Waals surface area (Å²) >= 11 is 0. The highest BCUT2D eigenvalue weighted by Crippen LogP contribution is 2.33. The molecular weight excluding hydrogens is 1400 g/mol. The highest BCUT2D eigenvalue weighted by atomic mass is 16.7. The van der Waals surface area contributed by atoms with E-state index >= 15 is 9.59 Å². The van der Waals surface area contributed by atoms with Crippen molar-refractivity contribution in [1.82, 2.24) is 36.8 Å². The van der Waals surface area contributed by atoms with Crippen LogP contribution in [0.4, 0.5) is 0 Å². The Kier molecular flexibility index (Phi) is 28.9. The summed E-state index contributed by atoms with van der Waals surface area (Å²) in [6, 6.07) is 20.4. The van der Waals surface area contributed by atoms with Crippen molar-refractivity contribution in [3.05, 3.63) is 144 Å². The number of nitrogens with two attached hydrogens (primary N) is 3. The average Bonchev–Trinajstić information content (AvgIpc) is 1.45. The van der Waals surface area contributed by atoms with Crippen molar-refractivity contribution in [3.63, 3.8) is 0 Å². The number of benzene rings is 4. The van der Waals surface area contributed by atoms with Crippen LogP contribution in [0.5, 0.6) is 5.75 Å². The second-order valence-corrected chi connectivity index (χ2v) is 25.9. The van der Waals surface area contributed by atoms with E-state index in [2.05, 4.69) is 41.9 Å². The summed E-state index contributed by atoms with van der Waals surface area (Å²) in [5, 5.41) is 158. The standard InChI is InChI=1S/C69H92N12O25/c1-32(34-11-5-2-6-12-34)47(78-46(86)24-70)62(98)76-40(61(97)79-48(50(87)41-25-73-68(71)77-41)64(100)80-49(63(99)75-37(27-82)28-83)51(88)42-26-74-69(72)81(42)65-57(94)54(91)52(89)43(29-84)103-65)23-33-17-19-38(20-18-33)102-66-59(96)56(93)60(44(30-85)104-66)106-67-58(95)55(92)53(90)45(105-67)31-101-22-21-39(35-13-7-3-8-14-35)36-15-9-4-10-16-36/h2-21,27,32,37,40-45,47-60,65-67,83-85,87-96H,22-26,28-31,70H2,1H3,(H2,72,74)(H,75,99)(H,76,98)(H,78,86)(H,79,97)(H,80,100)(H3,71,73,77)/t32?,37-,40-,41?,42?,43-,44-,45-,47+,48+,49-,50?,51-,52-,53-,54+,55+,56-,57+,58+,59+,60-,65+,66+,67-/m1/s1. The van der Waals surface area contributed by atoms with Gasteiger partial charge in [-0.1, -0.05) is 116 Å². The molecule has 37 nitrogen and oxygen atoms in total. The number of hydrogen-bond acceptors (Lipinski definition) is 32. The molecule has 3 fully saturated rings. The molecule has 37 heteroatoms. The van der Waals surface area contributed by atoms with Crippen molar-refractivity contribution in [3.8, 4) is 5.75 Å². The average molecular weight is 1490 g/mol. The van der Waals surface area contributed by atoms with Crippen molar-refractivity contribution in [1.29, 1.82) is 0 Å². The molecule has 5 amide bonds. The number of aliphatic imine (C=N–C) groups is 2. The first-order chi connectivity index (χ1) is 50.8. The number of amides is 5. The SMILES string of the molecule is CC(c1ccccc1)[C@H](NC(=O)CN)C(=O)N[C@H](Cc1ccc(O[C@H]2O[C@H](CO)[C@@H](O[C@H]3O[C@H](COCC=C(c4ccccc4)c4ccccc4)[C@@H](O)[C@H](O)[C@@H]3O)[C@H](O)[C@@H]2O)cc1)C(=O)N[C@H](C(=O)N[C@@H](C(=O)N[C@H](C=O)CO)[C@H](O)C1CN=C(N)N1[C@H]1O[C@H](CO)[C@@H](O)[C@H](O)[C@@H]1O)C(O)C1CN=C(N)N1. The van der Waals surface area contributed by atoms with Crippen LogP contribution in [0.15, 0.2) is 131 Å². The van der Waals surface area contributed by atoms with Gasteiger partial charge in [-0.2, -0.15) is 0 Å². The Bertz CT molecular complexity index is 3610. The lowest BCUT2D eigenvalue weighted by atomic mass is 9.92. The Morgan fingerprint density at radius 2 is 1.19 bits per heavy atom. The van der Waals surface area contributed by atoms with E-state index in [0.29, 0.717) is 5.56 Å². The van der Waals surface area contributed by atoms with Crippen LogP contribution in [-0.4, -0.2) is 318 Å². The first-order valence-corrected chi connectivity index (χ1v) is 34.1. The van der Waals surface area contributed by atoms with Gasteiger partial charge in [0.15, 0.2) is 24.4 Å². The van der Waals surface area contributed by atoms with Crippen LogP contribution in [0.25, 0.3) is 5.57 Å². The maximum Gasteiger partial charge on any atom is 0.246 e. The topological polar surface area (TPSA) is 599 Å². The Hall–Kier alpha value is -8.78. The fourth-order valence-electron chi connectivity index (χ4n) is 12.8. The molecule has 106 heavy (non-hydrogen) atoms. The third-order valence-electron chi connectivity index (χ3n) is 18.8. The fourth-order valence-corrected chi connectivity index (χ4v) is 12.8. The summed E-state index contributed by atoms with van der Waals surface area (Å²) < 4.78 is 35.3. The van der Waals surface area contributed by atoms with Crippen LogP contribution in [-0.2, 0) is 58.9 Å². The summed E-state index contributed by atoms with van der Waals surface area (Å²) in [7, 11) is 0. The van der Waals surface area contributed by atoms with Crippen LogP contribution in [0, 0.1) is 0 Å². The molecule has 3 saturated heterocycles. The molecule has 25 atom stereocenters. The second kappa shape index (κ2) is 37.7. The lowest BCUT2D eigenvalue weighted by molar-refractivity contribution is -0.353. The van der Waals surface area contributed by atoms with E-state index in [-0.39, 0.29) is 43.3 Å². The zero-order valence-electron chi connectivity index (χ0n) is 57.2. The van der Waals surface area contributed by atoms with Crippen LogP contribution in [0.3, 0.4) is 0 Å². The third kappa shape index (κ3) is 19.5. The zero-order chi connectivity index (χ0) is 76.6. The predicted molar refractivity (Wildman–Crippen MR) is 369 cm³/mol. The van der Waals surface area contributed by atoms with E-state index in [1.54, 1.807) is 37.3 Å². The van der Waals surface area contributed by atoms with E-state index in [9.17, 15) is 85.6 Å². The van der Waals surface area contributed by atoms with E-state index < -0.39 is 227 Å². The molecule has 0 spiro atoms. The van der Waals surface area contributed by atoms with Gasteiger partial charge in [-0.25, -0.2) is 0 Å². The minimum absolute atomic E-state index is 0.0125.